The first-order valence-electron chi connectivity index (χ1n) is 12.5. The van der Waals surface area contributed by atoms with Gasteiger partial charge < -0.3 is 9.64 Å². The van der Waals surface area contributed by atoms with Crippen LogP contribution < -0.4 is 9.88 Å². The number of pyridine rings is 1. The van der Waals surface area contributed by atoms with E-state index in [-0.39, 0.29) is 24.0 Å². The van der Waals surface area contributed by atoms with Gasteiger partial charge in [-0.15, -0.1) is 11.3 Å². The van der Waals surface area contributed by atoms with Crippen LogP contribution in [0, 0.1) is 19.7 Å². The zero-order valence-electron chi connectivity index (χ0n) is 22.1. The van der Waals surface area contributed by atoms with Gasteiger partial charge in [-0.1, -0.05) is 17.7 Å². The maximum absolute atomic E-state index is 14.3. The van der Waals surface area contributed by atoms with E-state index in [1.807, 2.05) is 6.92 Å². The van der Waals surface area contributed by atoms with Gasteiger partial charge in [0.25, 0.3) is 0 Å². The highest BCUT2D eigenvalue weighted by atomic mass is 32.2. The molecule has 39 heavy (non-hydrogen) atoms. The number of halogens is 1. The quantitative estimate of drug-likeness (QED) is 0.328. The molecule has 1 saturated carbocycles. The molecule has 1 aliphatic rings. The molecular formula is C27H31FN4O5S2. The molecule has 2 heterocycles. The number of nitrogens with two attached hydrogens (primary N) is 1. The van der Waals surface area contributed by atoms with Crippen molar-refractivity contribution >= 4 is 33.1 Å². The Morgan fingerprint density at radius 1 is 1.21 bits per heavy atom. The van der Waals surface area contributed by atoms with Gasteiger partial charge in [0.05, 0.1) is 31.0 Å². The number of sulfonamides is 1. The number of nitrogens with zero attached hydrogens (tertiary/aromatic N) is 3. The van der Waals surface area contributed by atoms with Gasteiger partial charge in [-0.25, -0.2) is 22.9 Å². The molecule has 12 heteroatoms. The van der Waals surface area contributed by atoms with Gasteiger partial charge in [-0.05, 0) is 63.3 Å². The zero-order chi connectivity index (χ0) is 28.4. The van der Waals surface area contributed by atoms with Gasteiger partial charge in [0.2, 0.25) is 15.9 Å². The van der Waals surface area contributed by atoms with Crippen molar-refractivity contribution in [3.8, 4) is 5.75 Å². The molecule has 1 aliphatic carbocycles. The number of amides is 1. The van der Waals surface area contributed by atoms with Crippen molar-refractivity contribution in [3.05, 3.63) is 74.7 Å². The second kappa shape index (κ2) is 11.5. The number of carbonyl (C=O) groups excluding carboxylic acids is 2. The Morgan fingerprint density at radius 3 is 2.56 bits per heavy atom. The van der Waals surface area contributed by atoms with Crippen LogP contribution in [-0.2, 0) is 33.2 Å². The molecular weight excluding hydrogens is 543 g/mol. The summed E-state index contributed by atoms with van der Waals surface area (Å²) in [5.41, 5.74) is 1.47. The Hall–Kier alpha value is -3.22. The molecule has 4 rings (SSSR count). The zero-order valence-corrected chi connectivity index (χ0v) is 23.7. The number of Topliss-reactive ketones (excluding diaryl/α,β-unsaturated/α-hetero) is 1. The summed E-state index contributed by atoms with van der Waals surface area (Å²) in [6.45, 7) is 4.04. The highest BCUT2D eigenvalue weighted by Gasteiger charge is 2.54. The fraction of sp³-hybridized carbons (Fsp3) is 0.407. The number of carbonyl (C=O) groups is 2. The number of rotatable bonds is 12. The monoisotopic (exact) mass is 574 g/mol. The van der Waals surface area contributed by atoms with Gasteiger partial charge in [0, 0.05) is 11.4 Å². The Balaban J connectivity index is 1.57. The van der Waals surface area contributed by atoms with Crippen LogP contribution in [0.15, 0.2) is 36.5 Å². The minimum absolute atomic E-state index is 0.0382. The third-order valence-electron chi connectivity index (χ3n) is 6.75. The van der Waals surface area contributed by atoms with Gasteiger partial charge >= 0.3 is 0 Å². The number of hydrogen-bond donors (Lipinski definition) is 1. The summed E-state index contributed by atoms with van der Waals surface area (Å²) in [7, 11) is -2.46. The summed E-state index contributed by atoms with van der Waals surface area (Å²) in [5.74, 6) is -1.34. The molecule has 1 aromatic carbocycles. The van der Waals surface area contributed by atoms with E-state index < -0.39 is 27.0 Å². The summed E-state index contributed by atoms with van der Waals surface area (Å²) in [6.07, 6.45) is 3.83. The van der Waals surface area contributed by atoms with E-state index in [9.17, 15) is 22.4 Å². The van der Waals surface area contributed by atoms with Crippen LogP contribution in [0.5, 0.6) is 5.75 Å². The summed E-state index contributed by atoms with van der Waals surface area (Å²) >= 11 is 1.23. The van der Waals surface area contributed by atoms with E-state index in [0.717, 1.165) is 5.56 Å². The van der Waals surface area contributed by atoms with Crippen molar-refractivity contribution in [2.75, 3.05) is 19.4 Å². The second-order valence-corrected chi connectivity index (χ2v) is 12.7. The molecule has 3 aromatic rings. The normalized spacial score (nSPS) is 14.2. The van der Waals surface area contributed by atoms with Crippen molar-refractivity contribution < 1.29 is 27.1 Å². The maximum Gasteiger partial charge on any atom is 0.235 e. The van der Waals surface area contributed by atoms with Crippen LogP contribution in [0.25, 0.3) is 0 Å². The molecule has 0 unspecified atom stereocenters. The van der Waals surface area contributed by atoms with Crippen molar-refractivity contribution in [2.24, 2.45) is 5.14 Å². The van der Waals surface area contributed by atoms with Crippen molar-refractivity contribution in [2.45, 2.75) is 51.5 Å². The Morgan fingerprint density at radius 2 is 1.95 bits per heavy atom. The van der Waals surface area contributed by atoms with E-state index in [1.165, 1.54) is 17.4 Å². The second-order valence-electron chi connectivity index (χ2n) is 9.83. The lowest BCUT2D eigenvalue weighted by molar-refractivity contribution is -0.134. The Kier molecular flexibility index (Phi) is 8.48. The molecule has 0 spiro atoms. The highest BCUT2D eigenvalue weighted by molar-refractivity contribution is 7.89. The number of aryl methyl sites for hydroxylation is 3. The smallest absolute Gasteiger partial charge is 0.235 e. The fourth-order valence-electron chi connectivity index (χ4n) is 4.59. The summed E-state index contributed by atoms with van der Waals surface area (Å²) in [5, 5.41) is 5.53. The van der Waals surface area contributed by atoms with E-state index in [4.69, 9.17) is 9.88 Å². The number of ketones is 1. The molecule has 9 nitrogen and oxygen atoms in total. The molecule has 2 aromatic heterocycles. The largest absolute Gasteiger partial charge is 0.495 e. The molecule has 0 radical (unpaired) electrons. The van der Waals surface area contributed by atoms with Crippen molar-refractivity contribution in [3.63, 3.8) is 0 Å². The minimum Gasteiger partial charge on any atom is -0.495 e. The van der Waals surface area contributed by atoms with Gasteiger partial charge in [0.1, 0.15) is 28.0 Å². The number of ether oxygens (including phenoxy) is 1. The number of aromatic nitrogens is 2. The standard InChI is InChI=1S/C27H31FN4O5S2/c1-17-6-8-21(28)19(13-17)5-4-12-32(15-24-31-25(18(2)38-24)22(33)16-39(29,35)36)26(34)27(10-11-27)23-9-7-20(37-3)14-30-23/h6-9,13-14H,4-5,10-12,15-16H2,1-3H3,(H2,29,35,36). The summed E-state index contributed by atoms with van der Waals surface area (Å²) in [4.78, 5) is 37.5. The minimum atomic E-state index is -4.00. The van der Waals surface area contributed by atoms with Crippen molar-refractivity contribution in [1.82, 2.24) is 14.9 Å². The van der Waals surface area contributed by atoms with E-state index in [0.29, 0.717) is 59.1 Å². The summed E-state index contributed by atoms with van der Waals surface area (Å²) < 4.78 is 42.4. The first-order chi connectivity index (χ1) is 18.4. The Bertz CT molecular complexity index is 1480. The molecule has 0 saturated heterocycles. The van der Waals surface area contributed by atoms with Crippen LogP contribution in [-0.4, -0.2) is 54.4 Å². The third-order valence-corrected chi connectivity index (χ3v) is 8.37. The number of primary sulfonamides is 1. The first-order valence-corrected chi connectivity index (χ1v) is 15.0. The lowest BCUT2D eigenvalue weighted by atomic mass is 9.99. The molecule has 1 amide bonds. The average molecular weight is 575 g/mol. The van der Waals surface area contributed by atoms with Gasteiger partial charge in [-0.2, -0.15) is 0 Å². The van der Waals surface area contributed by atoms with Crippen LogP contribution >= 0.6 is 11.3 Å². The van der Waals surface area contributed by atoms with Crippen LogP contribution in [0.4, 0.5) is 4.39 Å². The van der Waals surface area contributed by atoms with Crippen LogP contribution in [0.2, 0.25) is 0 Å². The third kappa shape index (κ3) is 6.87. The molecule has 2 N–H and O–H groups in total. The highest BCUT2D eigenvalue weighted by Crippen LogP contribution is 2.49. The van der Waals surface area contributed by atoms with E-state index in [1.54, 1.807) is 49.4 Å². The first kappa shape index (κ1) is 28.8. The van der Waals surface area contributed by atoms with E-state index in [2.05, 4.69) is 9.97 Å². The molecule has 0 bridgehead atoms. The lowest BCUT2D eigenvalue weighted by Crippen LogP contribution is -2.40. The number of methoxy groups -OCH3 is 1. The molecule has 208 valence electrons. The molecule has 1 fully saturated rings. The topological polar surface area (TPSA) is 133 Å². The predicted molar refractivity (Wildman–Crippen MR) is 146 cm³/mol. The SMILES string of the molecule is COc1ccc(C2(C(=O)N(CCCc3cc(C)ccc3F)Cc3nc(C(=O)CS(N)(=O)=O)c(C)s3)CC2)nc1. The number of hydrogen-bond acceptors (Lipinski definition) is 8. The molecule has 0 atom stereocenters. The van der Waals surface area contributed by atoms with Gasteiger partial charge in [-0.3, -0.25) is 14.6 Å². The molecule has 0 aliphatic heterocycles. The Labute approximate surface area is 231 Å². The lowest BCUT2D eigenvalue weighted by Gasteiger charge is -2.27. The predicted octanol–water partition coefficient (Wildman–Crippen LogP) is 3.47. The summed E-state index contributed by atoms with van der Waals surface area (Å²) in [6, 6.07) is 8.53. The fourth-order valence-corrected chi connectivity index (χ4v) is 6.06. The van der Waals surface area contributed by atoms with Crippen LogP contribution in [0.3, 0.4) is 0 Å². The average Bonchev–Trinajstić information content (AvgIpc) is 3.61. The van der Waals surface area contributed by atoms with Gasteiger partial charge in [0.15, 0.2) is 5.78 Å². The number of benzene rings is 1. The maximum atomic E-state index is 14.3. The number of thiazole rings is 1. The van der Waals surface area contributed by atoms with E-state index >= 15 is 0 Å². The van der Waals surface area contributed by atoms with Crippen molar-refractivity contribution in [1.29, 1.82) is 0 Å². The van der Waals surface area contributed by atoms with Crippen LogP contribution in [0.1, 0.15) is 56.5 Å².